The molecule has 3 N–H and O–H groups in total. The second-order valence-corrected chi connectivity index (χ2v) is 7.78. The molecular formula is C13H17F3N2O2S. The first kappa shape index (κ1) is 16.1. The molecule has 4 nitrogen and oxygen atoms in total. The first-order chi connectivity index (χ1) is 9.46. The van der Waals surface area contributed by atoms with Gasteiger partial charge in [0.25, 0.3) is 9.84 Å². The first-order valence-corrected chi connectivity index (χ1v) is 7.88. The molecular weight excluding hydrogens is 305 g/mol. The smallest absolute Gasteiger partial charge is 0.382 e. The summed E-state index contributed by atoms with van der Waals surface area (Å²) in [5.74, 6) is 0. The van der Waals surface area contributed by atoms with Crippen LogP contribution in [0.4, 0.5) is 18.9 Å². The molecule has 1 saturated carbocycles. The maximum absolute atomic E-state index is 12.4. The number of hydrogen-bond donors (Lipinski definition) is 2. The fourth-order valence-corrected chi connectivity index (χ4v) is 3.03. The summed E-state index contributed by atoms with van der Waals surface area (Å²) in [6.45, 7) is 4.00. The van der Waals surface area contributed by atoms with Gasteiger partial charge in [0.1, 0.15) is 0 Å². The van der Waals surface area contributed by atoms with E-state index in [1.54, 1.807) is 0 Å². The minimum Gasteiger partial charge on any atom is -0.382 e. The zero-order valence-corrected chi connectivity index (χ0v) is 12.4. The van der Waals surface area contributed by atoms with E-state index in [0.29, 0.717) is 5.69 Å². The molecule has 1 aromatic rings. The van der Waals surface area contributed by atoms with Gasteiger partial charge < -0.3 is 11.1 Å². The quantitative estimate of drug-likeness (QED) is 0.897. The number of sulfone groups is 1. The monoisotopic (exact) mass is 322 g/mol. The van der Waals surface area contributed by atoms with Crippen LogP contribution >= 0.6 is 0 Å². The molecule has 0 aliphatic heterocycles. The average molecular weight is 322 g/mol. The van der Waals surface area contributed by atoms with E-state index < -0.39 is 20.2 Å². The van der Waals surface area contributed by atoms with Gasteiger partial charge in [-0.05, 0) is 30.7 Å². The Balaban J connectivity index is 2.14. The molecule has 21 heavy (non-hydrogen) atoms. The van der Waals surface area contributed by atoms with Gasteiger partial charge >= 0.3 is 5.51 Å². The van der Waals surface area contributed by atoms with Crippen molar-refractivity contribution < 1.29 is 21.6 Å². The van der Waals surface area contributed by atoms with Crippen LogP contribution in [0.2, 0.25) is 0 Å². The lowest BCUT2D eigenvalue weighted by atomic mass is 9.63. The first-order valence-electron chi connectivity index (χ1n) is 6.40. The third-order valence-corrected chi connectivity index (χ3v) is 5.66. The van der Waals surface area contributed by atoms with Gasteiger partial charge in [0.2, 0.25) is 0 Å². The van der Waals surface area contributed by atoms with Crippen LogP contribution in [0.25, 0.3) is 0 Å². The van der Waals surface area contributed by atoms with E-state index in [4.69, 9.17) is 5.73 Å². The Morgan fingerprint density at radius 1 is 1.24 bits per heavy atom. The van der Waals surface area contributed by atoms with Crippen LogP contribution in [0, 0.1) is 5.41 Å². The SMILES string of the molecule is CC1(C)C(N)CC1Nc1ccc(S(=O)(=O)C(F)(F)F)cc1. The lowest BCUT2D eigenvalue weighted by molar-refractivity contribution is -0.0436. The molecule has 2 atom stereocenters. The van der Waals surface area contributed by atoms with Crippen molar-refractivity contribution in [3.63, 3.8) is 0 Å². The van der Waals surface area contributed by atoms with Crippen LogP contribution in [0.15, 0.2) is 29.2 Å². The standard InChI is InChI=1S/C13H17F3N2O2S/c1-12(2)10(17)7-11(12)18-8-3-5-9(6-4-8)21(19,20)13(14,15)16/h3-6,10-11,18H,7,17H2,1-2H3. The summed E-state index contributed by atoms with van der Waals surface area (Å²) in [6.07, 6.45) is 0.760. The number of hydrogen-bond acceptors (Lipinski definition) is 4. The molecule has 8 heteroatoms. The number of benzene rings is 1. The van der Waals surface area contributed by atoms with Crippen molar-refractivity contribution in [2.24, 2.45) is 11.1 Å². The number of anilines is 1. The number of alkyl halides is 3. The third-order valence-electron chi connectivity index (χ3n) is 4.15. The Morgan fingerprint density at radius 3 is 2.14 bits per heavy atom. The van der Waals surface area contributed by atoms with Crippen LogP contribution in [-0.2, 0) is 9.84 Å². The van der Waals surface area contributed by atoms with Crippen molar-refractivity contribution in [1.29, 1.82) is 0 Å². The molecule has 0 amide bonds. The summed E-state index contributed by atoms with van der Waals surface area (Å²) in [5.41, 5.74) is 1.05. The summed E-state index contributed by atoms with van der Waals surface area (Å²) >= 11 is 0. The summed E-state index contributed by atoms with van der Waals surface area (Å²) in [6, 6.07) is 4.75. The van der Waals surface area contributed by atoms with Crippen LogP contribution in [0.1, 0.15) is 20.3 Å². The van der Waals surface area contributed by atoms with Gasteiger partial charge in [-0.2, -0.15) is 13.2 Å². The molecule has 118 valence electrons. The molecule has 0 aromatic heterocycles. The molecule has 1 aliphatic rings. The number of halogens is 3. The average Bonchev–Trinajstić information content (AvgIpc) is 2.37. The summed E-state index contributed by atoms with van der Waals surface area (Å²) < 4.78 is 59.7. The van der Waals surface area contributed by atoms with Gasteiger partial charge in [0, 0.05) is 23.2 Å². The molecule has 0 spiro atoms. The second-order valence-electron chi connectivity index (χ2n) is 5.83. The van der Waals surface area contributed by atoms with E-state index in [0.717, 1.165) is 18.6 Å². The highest BCUT2D eigenvalue weighted by atomic mass is 32.2. The minimum absolute atomic E-state index is 0.0693. The maximum atomic E-state index is 12.4. The Morgan fingerprint density at radius 2 is 1.76 bits per heavy atom. The van der Waals surface area contributed by atoms with E-state index in [1.807, 2.05) is 13.8 Å². The van der Waals surface area contributed by atoms with Crippen molar-refractivity contribution in [1.82, 2.24) is 0 Å². The number of nitrogens with one attached hydrogen (secondary N) is 1. The third kappa shape index (κ3) is 2.74. The van der Waals surface area contributed by atoms with Crippen LogP contribution in [0.5, 0.6) is 0 Å². The topological polar surface area (TPSA) is 72.2 Å². The van der Waals surface area contributed by atoms with Gasteiger partial charge in [-0.1, -0.05) is 13.8 Å². The molecule has 1 aliphatic carbocycles. The highest BCUT2D eigenvalue weighted by molar-refractivity contribution is 7.92. The normalized spacial score (nSPS) is 25.2. The Kier molecular flexibility index (Phi) is 3.74. The molecule has 2 rings (SSSR count). The van der Waals surface area contributed by atoms with Crippen LogP contribution in [-0.4, -0.2) is 26.0 Å². The van der Waals surface area contributed by atoms with Crippen molar-refractivity contribution in [2.75, 3.05) is 5.32 Å². The molecule has 0 radical (unpaired) electrons. The molecule has 0 bridgehead atoms. The van der Waals surface area contributed by atoms with E-state index >= 15 is 0 Å². The van der Waals surface area contributed by atoms with Crippen molar-refractivity contribution in [2.45, 2.75) is 42.8 Å². The van der Waals surface area contributed by atoms with Crippen molar-refractivity contribution in [3.05, 3.63) is 24.3 Å². The lowest BCUT2D eigenvalue weighted by Crippen LogP contribution is -2.61. The zero-order valence-electron chi connectivity index (χ0n) is 11.6. The Hall–Kier alpha value is -1.28. The molecule has 0 heterocycles. The van der Waals surface area contributed by atoms with Gasteiger partial charge in [-0.3, -0.25) is 0 Å². The second kappa shape index (κ2) is 4.88. The van der Waals surface area contributed by atoms with E-state index in [1.165, 1.54) is 12.1 Å². The maximum Gasteiger partial charge on any atom is 0.501 e. The molecule has 1 fully saturated rings. The van der Waals surface area contributed by atoms with Crippen molar-refractivity contribution in [3.8, 4) is 0 Å². The Labute approximate surface area is 121 Å². The molecule has 2 unspecified atom stereocenters. The fourth-order valence-electron chi connectivity index (χ4n) is 2.27. The van der Waals surface area contributed by atoms with Crippen molar-refractivity contribution >= 4 is 15.5 Å². The molecule has 1 aromatic carbocycles. The highest BCUT2D eigenvalue weighted by Crippen LogP contribution is 2.41. The molecule has 0 saturated heterocycles. The number of rotatable bonds is 3. The largest absolute Gasteiger partial charge is 0.501 e. The van der Waals surface area contributed by atoms with E-state index in [9.17, 15) is 21.6 Å². The van der Waals surface area contributed by atoms with Gasteiger partial charge in [-0.25, -0.2) is 8.42 Å². The summed E-state index contributed by atoms with van der Waals surface area (Å²) in [4.78, 5) is -0.759. The van der Waals surface area contributed by atoms with E-state index in [-0.39, 0.29) is 17.5 Å². The fraction of sp³-hybridized carbons (Fsp3) is 0.538. The van der Waals surface area contributed by atoms with Crippen LogP contribution < -0.4 is 11.1 Å². The Bertz CT molecular complexity index is 624. The predicted molar refractivity (Wildman–Crippen MR) is 73.5 cm³/mol. The minimum atomic E-state index is -5.29. The van der Waals surface area contributed by atoms with Gasteiger partial charge in [0.05, 0.1) is 4.90 Å². The number of nitrogens with two attached hydrogens (primary N) is 1. The van der Waals surface area contributed by atoms with Crippen LogP contribution in [0.3, 0.4) is 0 Å². The lowest BCUT2D eigenvalue weighted by Gasteiger charge is -2.51. The van der Waals surface area contributed by atoms with Gasteiger partial charge in [0.15, 0.2) is 0 Å². The van der Waals surface area contributed by atoms with Gasteiger partial charge in [-0.15, -0.1) is 0 Å². The highest BCUT2D eigenvalue weighted by Gasteiger charge is 2.47. The summed E-state index contributed by atoms with van der Waals surface area (Å²) in [7, 11) is -5.29. The van der Waals surface area contributed by atoms with E-state index in [2.05, 4.69) is 5.32 Å². The predicted octanol–water partition coefficient (Wildman–Crippen LogP) is 2.52. The summed E-state index contributed by atoms with van der Waals surface area (Å²) in [5, 5.41) is 3.16. The zero-order chi connectivity index (χ0) is 16.1.